The molecule has 76 valence electrons. The lowest BCUT2D eigenvalue weighted by atomic mass is 10.5. The lowest BCUT2D eigenvalue weighted by Gasteiger charge is -2.09. The van der Waals surface area contributed by atoms with Crippen LogP contribution in [0.5, 0.6) is 0 Å². The molecule has 0 saturated heterocycles. The monoisotopic (exact) mass is 189 g/mol. The van der Waals surface area contributed by atoms with Crippen molar-refractivity contribution in [1.29, 1.82) is 0 Å². The second kappa shape index (κ2) is 7.48. The second-order valence-corrected chi connectivity index (χ2v) is 2.66. The van der Waals surface area contributed by atoms with E-state index >= 15 is 0 Å². The van der Waals surface area contributed by atoms with Gasteiger partial charge in [-0.1, -0.05) is 5.18 Å². The van der Waals surface area contributed by atoms with Crippen LogP contribution >= 0.6 is 0 Å². The van der Waals surface area contributed by atoms with Crippen molar-refractivity contribution in [2.24, 2.45) is 5.18 Å². The molecule has 0 rings (SSSR count). The normalized spacial score (nSPS) is 9.77. The highest BCUT2D eigenvalue weighted by Gasteiger charge is 2.02. The standard InChI is InChI=1S/C7H15N3O3/c1-6(2)13-7(11)9-5-8-3-4-10-12/h6,8H,3-5H2,1-2H3,(H,9,11). The smallest absolute Gasteiger partial charge is 0.408 e. The predicted molar refractivity (Wildman–Crippen MR) is 48.3 cm³/mol. The average molecular weight is 189 g/mol. The predicted octanol–water partition coefficient (Wildman–Crippen LogP) is 0.434. The van der Waals surface area contributed by atoms with Gasteiger partial charge in [0.25, 0.3) is 0 Å². The van der Waals surface area contributed by atoms with E-state index < -0.39 is 6.09 Å². The third kappa shape index (κ3) is 8.74. The molecule has 6 heteroatoms. The van der Waals surface area contributed by atoms with Crippen molar-refractivity contribution in [2.45, 2.75) is 20.0 Å². The number of nitrogens with zero attached hydrogens (tertiary/aromatic N) is 1. The number of alkyl carbamates (subject to hydrolysis) is 1. The van der Waals surface area contributed by atoms with Crippen molar-refractivity contribution < 1.29 is 9.53 Å². The molecule has 2 N–H and O–H groups in total. The first-order valence-electron chi connectivity index (χ1n) is 4.11. The van der Waals surface area contributed by atoms with Crippen molar-refractivity contribution >= 4 is 6.09 Å². The zero-order valence-corrected chi connectivity index (χ0v) is 7.87. The van der Waals surface area contributed by atoms with Gasteiger partial charge in [-0.3, -0.25) is 5.32 Å². The Morgan fingerprint density at radius 2 is 2.23 bits per heavy atom. The van der Waals surface area contributed by atoms with Gasteiger partial charge in [-0.25, -0.2) is 4.79 Å². The van der Waals surface area contributed by atoms with Gasteiger partial charge in [-0.15, -0.1) is 0 Å². The van der Waals surface area contributed by atoms with Crippen LogP contribution in [0.2, 0.25) is 0 Å². The summed E-state index contributed by atoms with van der Waals surface area (Å²) in [5, 5.41) is 7.89. The van der Waals surface area contributed by atoms with Crippen LogP contribution in [0.3, 0.4) is 0 Å². The maximum atomic E-state index is 10.8. The molecule has 13 heavy (non-hydrogen) atoms. The molecule has 0 aromatic heterocycles. The highest BCUT2D eigenvalue weighted by molar-refractivity contribution is 5.67. The molecule has 0 radical (unpaired) electrons. The van der Waals surface area contributed by atoms with Crippen LogP contribution in [0, 0.1) is 4.91 Å². The van der Waals surface area contributed by atoms with E-state index in [1.165, 1.54) is 0 Å². The van der Waals surface area contributed by atoms with Gasteiger partial charge in [0.15, 0.2) is 0 Å². The highest BCUT2D eigenvalue weighted by Crippen LogP contribution is 1.86. The first-order valence-corrected chi connectivity index (χ1v) is 4.11. The molecule has 1 amide bonds. The van der Waals surface area contributed by atoms with E-state index in [2.05, 4.69) is 15.8 Å². The van der Waals surface area contributed by atoms with E-state index in [1.807, 2.05) is 0 Å². The molecule has 0 saturated carbocycles. The van der Waals surface area contributed by atoms with Crippen LogP contribution in [-0.2, 0) is 4.74 Å². The van der Waals surface area contributed by atoms with Gasteiger partial charge in [-0.05, 0) is 13.8 Å². The molecule has 0 heterocycles. The Hall–Kier alpha value is -1.17. The summed E-state index contributed by atoms with van der Waals surface area (Å²) < 4.78 is 4.78. The van der Waals surface area contributed by atoms with Gasteiger partial charge in [-0.2, -0.15) is 4.91 Å². The molecule has 0 aliphatic carbocycles. The van der Waals surface area contributed by atoms with Crippen LogP contribution in [0.15, 0.2) is 5.18 Å². The van der Waals surface area contributed by atoms with E-state index in [-0.39, 0.29) is 19.3 Å². The molecule has 0 bridgehead atoms. The number of hydrogen-bond acceptors (Lipinski definition) is 5. The molecular weight excluding hydrogens is 174 g/mol. The van der Waals surface area contributed by atoms with E-state index in [1.54, 1.807) is 13.8 Å². The van der Waals surface area contributed by atoms with Gasteiger partial charge in [0.1, 0.15) is 0 Å². The highest BCUT2D eigenvalue weighted by atomic mass is 16.6. The Balaban J connectivity index is 3.22. The molecule has 6 nitrogen and oxygen atoms in total. The van der Waals surface area contributed by atoms with Crippen molar-refractivity contribution in [2.75, 3.05) is 19.8 Å². The maximum Gasteiger partial charge on any atom is 0.408 e. The maximum absolute atomic E-state index is 10.8. The van der Waals surface area contributed by atoms with Crippen LogP contribution in [-0.4, -0.2) is 32.0 Å². The topological polar surface area (TPSA) is 79.8 Å². The van der Waals surface area contributed by atoms with Crippen molar-refractivity contribution in [3.8, 4) is 0 Å². The Bertz CT molecular complexity index is 161. The molecule has 0 aliphatic rings. The lowest BCUT2D eigenvalue weighted by Crippen LogP contribution is -2.36. The Kier molecular flexibility index (Phi) is 6.80. The number of ether oxygens (including phenoxy) is 1. The quantitative estimate of drug-likeness (QED) is 0.361. The first kappa shape index (κ1) is 11.8. The Morgan fingerprint density at radius 3 is 2.77 bits per heavy atom. The third-order valence-electron chi connectivity index (χ3n) is 1.08. The molecule has 0 aromatic carbocycles. The second-order valence-electron chi connectivity index (χ2n) is 2.66. The Labute approximate surface area is 77.0 Å². The SMILES string of the molecule is CC(C)OC(=O)NCNCCN=O. The molecule has 0 spiro atoms. The molecule has 0 fully saturated rings. The van der Waals surface area contributed by atoms with Gasteiger partial charge >= 0.3 is 6.09 Å². The fourth-order valence-electron chi connectivity index (χ4n) is 0.604. The van der Waals surface area contributed by atoms with E-state index in [0.29, 0.717) is 6.54 Å². The number of carbonyl (C=O) groups excluding carboxylic acids is 1. The summed E-state index contributed by atoms with van der Waals surface area (Å²) in [6.07, 6.45) is -0.599. The van der Waals surface area contributed by atoms with E-state index in [4.69, 9.17) is 4.74 Å². The number of hydrogen-bond donors (Lipinski definition) is 2. The number of amides is 1. The minimum absolute atomic E-state index is 0.128. The van der Waals surface area contributed by atoms with Gasteiger partial charge in [0, 0.05) is 6.54 Å². The summed E-state index contributed by atoms with van der Waals surface area (Å²) in [6, 6.07) is 0. The molecule has 0 unspecified atom stereocenters. The summed E-state index contributed by atoms with van der Waals surface area (Å²) in [4.78, 5) is 20.5. The molecule has 0 aliphatic heterocycles. The summed E-state index contributed by atoms with van der Waals surface area (Å²) in [6.45, 7) is 4.46. The van der Waals surface area contributed by atoms with Crippen LogP contribution in [0.1, 0.15) is 13.8 Å². The third-order valence-corrected chi connectivity index (χ3v) is 1.08. The number of nitrogens with one attached hydrogen (secondary N) is 2. The summed E-state index contributed by atoms with van der Waals surface area (Å²) >= 11 is 0. The minimum Gasteiger partial charge on any atom is -0.447 e. The number of carbonyl (C=O) groups is 1. The average Bonchev–Trinajstić information content (AvgIpc) is 2.02. The van der Waals surface area contributed by atoms with Crippen LogP contribution < -0.4 is 10.6 Å². The van der Waals surface area contributed by atoms with Crippen molar-refractivity contribution in [3.05, 3.63) is 4.91 Å². The summed E-state index contributed by atoms with van der Waals surface area (Å²) in [7, 11) is 0. The molecule has 0 aromatic rings. The number of nitroso groups, excluding NO2 is 1. The minimum atomic E-state index is -0.471. The Morgan fingerprint density at radius 1 is 1.54 bits per heavy atom. The zero-order chi connectivity index (χ0) is 10.1. The van der Waals surface area contributed by atoms with Crippen molar-refractivity contribution in [1.82, 2.24) is 10.6 Å². The van der Waals surface area contributed by atoms with Crippen LogP contribution in [0.25, 0.3) is 0 Å². The van der Waals surface area contributed by atoms with Gasteiger partial charge in [0.2, 0.25) is 0 Å². The van der Waals surface area contributed by atoms with Gasteiger partial charge < -0.3 is 10.1 Å². The largest absolute Gasteiger partial charge is 0.447 e. The molecule has 0 atom stereocenters. The first-order chi connectivity index (χ1) is 6.16. The fourth-order valence-corrected chi connectivity index (χ4v) is 0.604. The van der Waals surface area contributed by atoms with Gasteiger partial charge in [0.05, 0.1) is 19.3 Å². The van der Waals surface area contributed by atoms with E-state index in [0.717, 1.165) is 0 Å². The number of rotatable bonds is 6. The van der Waals surface area contributed by atoms with E-state index in [9.17, 15) is 9.70 Å². The lowest BCUT2D eigenvalue weighted by molar-refractivity contribution is 0.115. The molecular formula is C7H15N3O3. The van der Waals surface area contributed by atoms with Crippen LogP contribution in [0.4, 0.5) is 4.79 Å². The zero-order valence-electron chi connectivity index (χ0n) is 7.87. The van der Waals surface area contributed by atoms with Crippen molar-refractivity contribution in [3.63, 3.8) is 0 Å². The summed E-state index contributed by atoms with van der Waals surface area (Å²) in [5.74, 6) is 0. The summed E-state index contributed by atoms with van der Waals surface area (Å²) in [5.41, 5.74) is 0. The fraction of sp³-hybridized carbons (Fsp3) is 0.857.